The van der Waals surface area contributed by atoms with Gasteiger partial charge in [0.15, 0.2) is 0 Å². The van der Waals surface area contributed by atoms with Crippen molar-refractivity contribution in [2.24, 2.45) is 28.6 Å². The zero-order chi connectivity index (χ0) is 13.3. The molecular weight excluding hydrogens is 228 g/mol. The number of hydrogen-bond donors (Lipinski definition) is 1. The number of aliphatic carboxylic acids is 1. The van der Waals surface area contributed by atoms with E-state index in [1.807, 2.05) is 13.0 Å². The van der Waals surface area contributed by atoms with E-state index in [1.165, 1.54) is 0 Å². The highest BCUT2D eigenvalue weighted by Gasteiger charge is 2.71. The lowest BCUT2D eigenvalue weighted by atomic mass is 9.60. The second-order valence-electron chi connectivity index (χ2n) is 6.66. The summed E-state index contributed by atoms with van der Waals surface area (Å²) < 4.78 is 0. The number of carbonyl (C=O) groups is 2. The van der Waals surface area contributed by atoms with Gasteiger partial charge in [0.1, 0.15) is 5.78 Å². The van der Waals surface area contributed by atoms with Crippen molar-refractivity contribution >= 4 is 11.8 Å². The lowest BCUT2D eigenvalue weighted by Gasteiger charge is -2.40. The third-order valence-corrected chi connectivity index (χ3v) is 6.03. The zero-order valence-electron chi connectivity index (χ0n) is 11.2. The van der Waals surface area contributed by atoms with Crippen molar-refractivity contribution in [1.29, 1.82) is 0 Å². The molecule has 1 N–H and O–H groups in total. The molecule has 0 aromatic rings. The number of ketones is 1. The SMILES string of the molecule is CC1CC(=O)C23C(C)C(C(=O)O)=C[C@]2(C)CC[C@@H]13. The van der Waals surface area contributed by atoms with Crippen LogP contribution in [0.25, 0.3) is 0 Å². The Bertz CT molecular complexity index is 478. The van der Waals surface area contributed by atoms with Crippen LogP contribution in [0.3, 0.4) is 0 Å². The number of rotatable bonds is 1. The molecule has 0 aliphatic heterocycles. The van der Waals surface area contributed by atoms with Crippen molar-refractivity contribution in [1.82, 2.24) is 0 Å². The summed E-state index contributed by atoms with van der Waals surface area (Å²) in [6.45, 7) is 6.18. The molecule has 0 amide bonds. The average molecular weight is 248 g/mol. The topological polar surface area (TPSA) is 54.4 Å². The van der Waals surface area contributed by atoms with Gasteiger partial charge in [0, 0.05) is 23.3 Å². The third kappa shape index (κ3) is 1.03. The monoisotopic (exact) mass is 248 g/mol. The number of allylic oxidation sites excluding steroid dienone is 1. The van der Waals surface area contributed by atoms with Crippen LogP contribution < -0.4 is 0 Å². The Hall–Kier alpha value is -1.12. The van der Waals surface area contributed by atoms with Crippen LogP contribution in [0.15, 0.2) is 11.6 Å². The largest absolute Gasteiger partial charge is 0.478 e. The van der Waals surface area contributed by atoms with E-state index in [2.05, 4.69) is 13.8 Å². The molecule has 5 atom stereocenters. The Morgan fingerprint density at radius 2 is 2.11 bits per heavy atom. The zero-order valence-corrected chi connectivity index (χ0v) is 11.2. The first kappa shape index (κ1) is 11.9. The standard InChI is InChI=1S/C15H20O3/c1-8-6-12(16)15-9(2)10(13(17)18)7-14(15,3)5-4-11(8)15/h7-9,11H,4-6H2,1-3H3,(H,17,18)/t8?,9?,11-,14-,15?/m0/s1. The first-order valence-corrected chi connectivity index (χ1v) is 6.84. The van der Waals surface area contributed by atoms with E-state index in [9.17, 15) is 14.7 Å². The van der Waals surface area contributed by atoms with Crippen LogP contribution in [-0.2, 0) is 9.59 Å². The first-order chi connectivity index (χ1) is 8.34. The Kier molecular flexibility index (Phi) is 2.16. The molecule has 3 unspecified atom stereocenters. The van der Waals surface area contributed by atoms with Gasteiger partial charge in [-0.15, -0.1) is 0 Å². The van der Waals surface area contributed by atoms with Gasteiger partial charge >= 0.3 is 5.97 Å². The van der Waals surface area contributed by atoms with E-state index < -0.39 is 11.4 Å². The molecule has 0 radical (unpaired) electrons. The molecule has 2 saturated carbocycles. The van der Waals surface area contributed by atoms with E-state index in [0.29, 0.717) is 29.6 Å². The minimum Gasteiger partial charge on any atom is -0.478 e. The lowest BCUT2D eigenvalue weighted by Crippen LogP contribution is -2.43. The van der Waals surface area contributed by atoms with Crippen LogP contribution in [0.4, 0.5) is 0 Å². The minimum atomic E-state index is -0.849. The van der Waals surface area contributed by atoms with Gasteiger partial charge in [-0.3, -0.25) is 4.79 Å². The normalized spacial score (nSPS) is 50.1. The quantitative estimate of drug-likeness (QED) is 0.776. The summed E-state index contributed by atoms with van der Waals surface area (Å²) in [5, 5.41) is 9.34. The Labute approximate surface area is 107 Å². The number of carboxylic acid groups (broad SMARTS) is 1. The van der Waals surface area contributed by atoms with Crippen molar-refractivity contribution in [3.05, 3.63) is 11.6 Å². The summed E-state index contributed by atoms with van der Waals surface area (Å²) in [4.78, 5) is 24.0. The molecule has 0 aromatic heterocycles. The van der Waals surface area contributed by atoms with Crippen molar-refractivity contribution in [3.8, 4) is 0 Å². The van der Waals surface area contributed by atoms with Gasteiger partial charge in [-0.1, -0.05) is 26.8 Å². The van der Waals surface area contributed by atoms with Crippen molar-refractivity contribution in [2.75, 3.05) is 0 Å². The van der Waals surface area contributed by atoms with E-state index in [-0.39, 0.29) is 11.3 Å². The molecule has 3 rings (SSSR count). The van der Waals surface area contributed by atoms with Gasteiger partial charge in [0.2, 0.25) is 0 Å². The molecule has 1 spiro atoms. The van der Waals surface area contributed by atoms with Gasteiger partial charge in [0.05, 0.1) is 0 Å². The molecule has 0 bridgehead atoms. The van der Waals surface area contributed by atoms with E-state index in [4.69, 9.17) is 0 Å². The fourth-order valence-electron chi connectivity index (χ4n) is 5.38. The maximum atomic E-state index is 12.6. The lowest BCUT2D eigenvalue weighted by molar-refractivity contribution is -0.135. The molecule has 0 aromatic carbocycles. The fraction of sp³-hybridized carbons (Fsp3) is 0.733. The van der Waals surface area contributed by atoms with Gasteiger partial charge in [-0.25, -0.2) is 4.79 Å². The first-order valence-electron chi connectivity index (χ1n) is 6.84. The predicted octanol–water partition coefficient (Wildman–Crippen LogP) is 2.66. The molecule has 3 aliphatic carbocycles. The predicted molar refractivity (Wildman–Crippen MR) is 66.9 cm³/mol. The second-order valence-corrected chi connectivity index (χ2v) is 6.66. The average Bonchev–Trinajstić information content (AvgIpc) is 2.79. The second kappa shape index (κ2) is 3.25. The Morgan fingerprint density at radius 3 is 2.72 bits per heavy atom. The highest BCUT2D eigenvalue weighted by atomic mass is 16.4. The summed E-state index contributed by atoms with van der Waals surface area (Å²) in [6.07, 6.45) is 4.55. The van der Waals surface area contributed by atoms with Gasteiger partial charge in [-0.2, -0.15) is 0 Å². The van der Waals surface area contributed by atoms with Crippen LogP contribution in [0.1, 0.15) is 40.0 Å². The van der Waals surface area contributed by atoms with Crippen LogP contribution in [0.2, 0.25) is 0 Å². The third-order valence-electron chi connectivity index (χ3n) is 6.03. The van der Waals surface area contributed by atoms with Crippen LogP contribution in [0, 0.1) is 28.6 Å². The van der Waals surface area contributed by atoms with Crippen molar-refractivity contribution in [3.63, 3.8) is 0 Å². The highest BCUT2D eigenvalue weighted by Crippen LogP contribution is 2.71. The maximum Gasteiger partial charge on any atom is 0.331 e. The van der Waals surface area contributed by atoms with Crippen LogP contribution in [0.5, 0.6) is 0 Å². The summed E-state index contributed by atoms with van der Waals surface area (Å²) >= 11 is 0. The van der Waals surface area contributed by atoms with E-state index >= 15 is 0 Å². The molecule has 18 heavy (non-hydrogen) atoms. The highest BCUT2D eigenvalue weighted by molar-refractivity contribution is 5.96. The van der Waals surface area contributed by atoms with Crippen LogP contribution in [-0.4, -0.2) is 16.9 Å². The van der Waals surface area contributed by atoms with Crippen LogP contribution >= 0.6 is 0 Å². The van der Waals surface area contributed by atoms with E-state index in [1.54, 1.807) is 0 Å². The number of carbonyl (C=O) groups excluding carboxylic acids is 1. The summed E-state index contributed by atoms with van der Waals surface area (Å²) in [5.41, 5.74) is -0.183. The molecule has 98 valence electrons. The van der Waals surface area contributed by atoms with Crippen molar-refractivity contribution < 1.29 is 14.7 Å². The Balaban J connectivity index is 2.18. The number of carboxylic acids is 1. The number of hydrogen-bond acceptors (Lipinski definition) is 2. The molecule has 2 fully saturated rings. The minimum absolute atomic E-state index is 0.134. The van der Waals surface area contributed by atoms with E-state index in [0.717, 1.165) is 12.8 Å². The molecule has 0 saturated heterocycles. The van der Waals surface area contributed by atoms with Gasteiger partial charge < -0.3 is 5.11 Å². The summed E-state index contributed by atoms with van der Waals surface area (Å²) in [5.74, 6) is 0.102. The molecule has 3 nitrogen and oxygen atoms in total. The smallest absolute Gasteiger partial charge is 0.331 e. The van der Waals surface area contributed by atoms with Crippen molar-refractivity contribution in [2.45, 2.75) is 40.0 Å². The van der Waals surface area contributed by atoms with Gasteiger partial charge in [-0.05, 0) is 30.1 Å². The molecular formula is C15H20O3. The molecule has 3 heteroatoms. The summed E-state index contributed by atoms with van der Waals surface area (Å²) in [7, 11) is 0. The summed E-state index contributed by atoms with van der Waals surface area (Å²) in [6, 6.07) is 0. The molecule has 0 heterocycles. The van der Waals surface area contributed by atoms with Gasteiger partial charge in [0.25, 0.3) is 0 Å². The Morgan fingerprint density at radius 1 is 1.44 bits per heavy atom. The maximum absolute atomic E-state index is 12.6. The number of Topliss-reactive ketones (excluding diaryl/α,β-unsaturated/α-hetero) is 1. The molecule has 3 aliphatic rings. The fourth-order valence-corrected chi connectivity index (χ4v) is 5.38.